The van der Waals surface area contributed by atoms with Gasteiger partial charge >= 0.3 is 0 Å². The van der Waals surface area contributed by atoms with Crippen LogP contribution in [0.15, 0.2) is 48.5 Å². The van der Waals surface area contributed by atoms with Gasteiger partial charge in [-0.25, -0.2) is 4.39 Å². The van der Waals surface area contributed by atoms with Crippen LogP contribution in [-0.2, 0) is 11.3 Å². The SMILES string of the molecule is COc1ccc(NC(=O)CN(C)Cc2ccccc2F)cc1. The van der Waals surface area contributed by atoms with Gasteiger partial charge in [-0.3, -0.25) is 9.69 Å². The number of hydrogen-bond donors (Lipinski definition) is 1. The average molecular weight is 302 g/mol. The zero-order valence-electron chi connectivity index (χ0n) is 12.7. The fraction of sp³-hybridized carbons (Fsp3) is 0.235. The second-order valence-corrected chi connectivity index (χ2v) is 5.04. The van der Waals surface area contributed by atoms with E-state index in [0.29, 0.717) is 17.8 Å². The normalized spacial score (nSPS) is 10.5. The lowest BCUT2D eigenvalue weighted by Crippen LogP contribution is -2.30. The van der Waals surface area contributed by atoms with Gasteiger partial charge < -0.3 is 10.1 Å². The maximum absolute atomic E-state index is 13.6. The van der Waals surface area contributed by atoms with Crippen LogP contribution in [0.4, 0.5) is 10.1 Å². The van der Waals surface area contributed by atoms with Gasteiger partial charge in [0.15, 0.2) is 0 Å². The molecule has 0 fully saturated rings. The molecular formula is C17H19FN2O2. The Bertz CT molecular complexity index is 629. The molecule has 2 aromatic carbocycles. The zero-order valence-corrected chi connectivity index (χ0v) is 12.7. The lowest BCUT2D eigenvalue weighted by Gasteiger charge is -2.16. The highest BCUT2D eigenvalue weighted by atomic mass is 19.1. The van der Waals surface area contributed by atoms with Crippen LogP contribution < -0.4 is 10.1 Å². The summed E-state index contributed by atoms with van der Waals surface area (Å²) >= 11 is 0. The first-order valence-corrected chi connectivity index (χ1v) is 6.94. The molecule has 0 aliphatic heterocycles. The molecule has 0 heterocycles. The molecule has 0 aliphatic carbocycles. The third kappa shape index (κ3) is 4.56. The smallest absolute Gasteiger partial charge is 0.238 e. The van der Waals surface area contributed by atoms with Crippen molar-refractivity contribution in [2.45, 2.75) is 6.54 Å². The first-order chi connectivity index (χ1) is 10.6. The Morgan fingerprint density at radius 1 is 1.18 bits per heavy atom. The Hall–Kier alpha value is -2.40. The van der Waals surface area contributed by atoms with Crippen LogP contribution in [-0.4, -0.2) is 31.5 Å². The number of likely N-dealkylation sites (N-methyl/N-ethyl adjacent to an activating group) is 1. The predicted octanol–water partition coefficient (Wildman–Crippen LogP) is 2.90. The lowest BCUT2D eigenvalue weighted by atomic mass is 10.2. The quantitative estimate of drug-likeness (QED) is 0.892. The van der Waals surface area contributed by atoms with Crippen molar-refractivity contribution in [2.24, 2.45) is 0 Å². The molecule has 0 atom stereocenters. The minimum Gasteiger partial charge on any atom is -0.497 e. The molecule has 0 aromatic heterocycles. The van der Waals surface area contributed by atoms with E-state index in [4.69, 9.17) is 4.74 Å². The summed E-state index contributed by atoms with van der Waals surface area (Å²) < 4.78 is 18.6. The maximum Gasteiger partial charge on any atom is 0.238 e. The van der Waals surface area contributed by atoms with E-state index in [2.05, 4.69) is 5.32 Å². The number of nitrogens with zero attached hydrogens (tertiary/aromatic N) is 1. The average Bonchev–Trinajstić information content (AvgIpc) is 2.50. The van der Waals surface area contributed by atoms with Crippen LogP contribution >= 0.6 is 0 Å². The van der Waals surface area contributed by atoms with Crippen LogP contribution in [0.3, 0.4) is 0 Å². The van der Waals surface area contributed by atoms with E-state index < -0.39 is 0 Å². The molecule has 0 aliphatic rings. The van der Waals surface area contributed by atoms with Crippen LogP contribution in [0.2, 0.25) is 0 Å². The van der Waals surface area contributed by atoms with Crippen LogP contribution in [0.25, 0.3) is 0 Å². The Morgan fingerprint density at radius 2 is 1.86 bits per heavy atom. The highest BCUT2D eigenvalue weighted by molar-refractivity contribution is 5.92. The summed E-state index contributed by atoms with van der Waals surface area (Å²) in [6, 6.07) is 13.7. The van der Waals surface area contributed by atoms with Gasteiger partial charge in [0.2, 0.25) is 5.91 Å². The van der Waals surface area contributed by atoms with E-state index in [1.807, 2.05) is 0 Å². The summed E-state index contributed by atoms with van der Waals surface area (Å²) in [5.41, 5.74) is 1.27. The van der Waals surface area contributed by atoms with E-state index in [-0.39, 0.29) is 18.3 Å². The summed E-state index contributed by atoms with van der Waals surface area (Å²) in [7, 11) is 3.37. The number of benzene rings is 2. The third-order valence-electron chi connectivity index (χ3n) is 3.19. The van der Waals surface area contributed by atoms with Crippen LogP contribution in [0.5, 0.6) is 5.75 Å². The van der Waals surface area contributed by atoms with Crippen molar-refractivity contribution in [3.63, 3.8) is 0 Å². The van der Waals surface area contributed by atoms with Gasteiger partial charge in [0.05, 0.1) is 13.7 Å². The third-order valence-corrected chi connectivity index (χ3v) is 3.19. The summed E-state index contributed by atoms with van der Waals surface area (Å²) in [5, 5.41) is 2.79. The number of nitrogens with one attached hydrogen (secondary N) is 1. The molecule has 1 N–H and O–H groups in total. The highest BCUT2D eigenvalue weighted by Gasteiger charge is 2.09. The molecule has 0 bridgehead atoms. The standard InChI is InChI=1S/C17H19FN2O2/c1-20(11-13-5-3-4-6-16(13)18)12-17(21)19-14-7-9-15(22-2)10-8-14/h3-10H,11-12H2,1-2H3,(H,19,21). The monoisotopic (exact) mass is 302 g/mol. The minimum absolute atomic E-state index is 0.149. The van der Waals surface area contributed by atoms with E-state index >= 15 is 0 Å². The second kappa shape index (κ2) is 7.56. The molecule has 1 amide bonds. The van der Waals surface area contributed by atoms with Gasteiger partial charge in [-0.05, 0) is 37.4 Å². The molecule has 0 unspecified atom stereocenters. The highest BCUT2D eigenvalue weighted by Crippen LogP contribution is 2.15. The van der Waals surface area contributed by atoms with Crippen molar-refractivity contribution in [1.82, 2.24) is 4.90 Å². The second-order valence-electron chi connectivity index (χ2n) is 5.04. The number of rotatable bonds is 6. The van der Waals surface area contributed by atoms with Gasteiger partial charge in [-0.15, -0.1) is 0 Å². The lowest BCUT2D eigenvalue weighted by molar-refractivity contribution is -0.117. The summed E-state index contributed by atoms with van der Waals surface area (Å²) in [6.07, 6.45) is 0. The zero-order chi connectivity index (χ0) is 15.9. The molecule has 0 saturated heterocycles. The Labute approximate surface area is 129 Å². The van der Waals surface area contributed by atoms with Crippen molar-refractivity contribution < 1.29 is 13.9 Å². The fourth-order valence-corrected chi connectivity index (χ4v) is 2.09. The van der Waals surface area contributed by atoms with Gasteiger partial charge in [0.25, 0.3) is 0 Å². The van der Waals surface area contributed by atoms with E-state index in [9.17, 15) is 9.18 Å². The predicted molar refractivity (Wildman–Crippen MR) is 84.4 cm³/mol. The van der Waals surface area contributed by atoms with Gasteiger partial charge in [-0.1, -0.05) is 18.2 Å². The number of ether oxygens (including phenoxy) is 1. The molecule has 4 nitrogen and oxygen atoms in total. The maximum atomic E-state index is 13.6. The molecule has 0 radical (unpaired) electrons. The summed E-state index contributed by atoms with van der Waals surface area (Å²) in [6.45, 7) is 0.559. The Morgan fingerprint density at radius 3 is 2.50 bits per heavy atom. The Balaban J connectivity index is 1.87. The van der Waals surface area contributed by atoms with E-state index in [1.165, 1.54) is 6.07 Å². The molecule has 5 heteroatoms. The molecule has 22 heavy (non-hydrogen) atoms. The first kappa shape index (κ1) is 16.0. The van der Waals surface area contributed by atoms with E-state index in [0.717, 1.165) is 5.75 Å². The van der Waals surface area contributed by atoms with Gasteiger partial charge in [-0.2, -0.15) is 0 Å². The summed E-state index contributed by atoms with van der Waals surface area (Å²) in [5.74, 6) is 0.323. The number of hydrogen-bond acceptors (Lipinski definition) is 3. The van der Waals surface area contributed by atoms with Crippen molar-refractivity contribution in [3.05, 3.63) is 59.9 Å². The summed E-state index contributed by atoms with van der Waals surface area (Å²) in [4.78, 5) is 13.7. The van der Waals surface area contributed by atoms with Crippen molar-refractivity contribution in [1.29, 1.82) is 0 Å². The number of anilines is 1. The first-order valence-electron chi connectivity index (χ1n) is 6.94. The van der Waals surface area contributed by atoms with Crippen molar-refractivity contribution in [3.8, 4) is 5.75 Å². The largest absolute Gasteiger partial charge is 0.497 e. The van der Waals surface area contributed by atoms with Crippen molar-refractivity contribution in [2.75, 3.05) is 26.0 Å². The van der Waals surface area contributed by atoms with Gasteiger partial charge in [0.1, 0.15) is 11.6 Å². The van der Waals surface area contributed by atoms with Crippen LogP contribution in [0.1, 0.15) is 5.56 Å². The number of carbonyl (C=O) groups excluding carboxylic acids is 1. The topological polar surface area (TPSA) is 41.6 Å². The van der Waals surface area contributed by atoms with Gasteiger partial charge in [0, 0.05) is 17.8 Å². The molecular weight excluding hydrogens is 283 g/mol. The molecule has 116 valence electrons. The fourth-order valence-electron chi connectivity index (χ4n) is 2.09. The minimum atomic E-state index is -0.259. The number of halogens is 1. The Kier molecular flexibility index (Phi) is 5.49. The van der Waals surface area contributed by atoms with E-state index in [1.54, 1.807) is 61.5 Å². The van der Waals surface area contributed by atoms with Crippen molar-refractivity contribution >= 4 is 11.6 Å². The number of methoxy groups -OCH3 is 1. The molecule has 0 saturated carbocycles. The number of amides is 1. The van der Waals surface area contributed by atoms with Crippen LogP contribution in [0, 0.1) is 5.82 Å². The number of carbonyl (C=O) groups is 1. The molecule has 2 aromatic rings. The molecule has 2 rings (SSSR count). The molecule has 0 spiro atoms.